The van der Waals surface area contributed by atoms with E-state index in [0.717, 1.165) is 56.9 Å². The molecule has 0 aromatic carbocycles. The van der Waals surface area contributed by atoms with Gasteiger partial charge in [0.1, 0.15) is 5.76 Å². The molecule has 6 nitrogen and oxygen atoms in total. The Hall–Kier alpha value is -2.33. The topological polar surface area (TPSA) is 74.0 Å². The molecule has 2 aliphatic heterocycles. The van der Waals surface area contributed by atoms with E-state index in [1.165, 1.54) is 12.8 Å². The molecule has 0 atom stereocenters. The Labute approximate surface area is 182 Å². The Kier molecular flexibility index (Phi) is 7.42. The van der Waals surface area contributed by atoms with Crippen LogP contribution in [-0.4, -0.2) is 59.1 Å². The van der Waals surface area contributed by atoms with Crippen LogP contribution in [0.1, 0.15) is 41.8 Å². The van der Waals surface area contributed by atoms with Crippen molar-refractivity contribution in [1.29, 1.82) is 0 Å². The fourth-order valence-corrected chi connectivity index (χ4v) is 4.69. The maximum absolute atomic E-state index is 12.5. The lowest BCUT2D eigenvalue weighted by Crippen LogP contribution is -2.48. The van der Waals surface area contributed by atoms with Crippen LogP contribution >= 0.6 is 11.3 Å². The molecule has 0 radical (unpaired) electrons. The summed E-state index contributed by atoms with van der Waals surface area (Å²) in [4.78, 5) is 25.9. The molecule has 1 spiro atoms. The summed E-state index contributed by atoms with van der Waals surface area (Å²) >= 11 is 1.59. The van der Waals surface area contributed by atoms with Gasteiger partial charge < -0.3 is 14.4 Å². The zero-order valence-electron chi connectivity index (χ0n) is 16.9. The maximum Gasteiger partial charge on any atom is 0.490 e. The summed E-state index contributed by atoms with van der Waals surface area (Å²) in [5.41, 5.74) is 1.30. The highest BCUT2D eigenvalue weighted by atomic mass is 32.1. The molecule has 31 heavy (non-hydrogen) atoms. The number of piperidine rings is 2. The average molecular weight is 459 g/mol. The number of carboxylic acid groups (broad SMARTS) is 1. The van der Waals surface area contributed by atoms with Crippen molar-refractivity contribution in [2.45, 2.75) is 38.4 Å². The van der Waals surface area contributed by atoms with Gasteiger partial charge in [-0.3, -0.25) is 9.69 Å². The Morgan fingerprint density at radius 2 is 1.71 bits per heavy atom. The number of thiophene rings is 1. The summed E-state index contributed by atoms with van der Waals surface area (Å²) < 4.78 is 37.2. The fourth-order valence-electron chi connectivity index (χ4n) is 4.06. The Balaban J connectivity index is 0.000000339. The molecular formula is C21H25F3N2O4S. The van der Waals surface area contributed by atoms with Crippen molar-refractivity contribution in [2.24, 2.45) is 5.41 Å². The lowest BCUT2D eigenvalue weighted by atomic mass is 9.71. The second-order valence-corrected chi connectivity index (χ2v) is 8.74. The fraction of sp³-hybridized carbons (Fsp3) is 0.524. The molecule has 0 aliphatic carbocycles. The van der Waals surface area contributed by atoms with Gasteiger partial charge in [0.2, 0.25) is 0 Å². The number of rotatable bonds is 3. The van der Waals surface area contributed by atoms with Crippen LogP contribution in [0.15, 0.2) is 39.6 Å². The van der Waals surface area contributed by atoms with Gasteiger partial charge in [-0.15, -0.1) is 0 Å². The van der Waals surface area contributed by atoms with Gasteiger partial charge in [-0.2, -0.15) is 24.5 Å². The summed E-state index contributed by atoms with van der Waals surface area (Å²) in [6, 6.07) is 5.95. The first kappa shape index (κ1) is 23.3. The van der Waals surface area contributed by atoms with Crippen molar-refractivity contribution in [3.05, 3.63) is 46.5 Å². The molecule has 2 aromatic rings. The second-order valence-electron chi connectivity index (χ2n) is 7.96. The molecule has 0 saturated carbocycles. The minimum Gasteiger partial charge on any atom is -0.475 e. The number of halogens is 3. The first-order valence-electron chi connectivity index (χ1n) is 10.0. The monoisotopic (exact) mass is 458 g/mol. The van der Waals surface area contributed by atoms with Crippen LogP contribution in [-0.2, 0) is 11.3 Å². The Morgan fingerprint density at radius 1 is 1.10 bits per heavy atom. The number of furan rings is 1. The molecule has 1 amide bonds. The Morgan fingerprint density at radius 3 is 2.19 bits per heavy atom. The van der Waals surface area contributed by atoms with Gasteiger partial charge in [0.15, 0.2) is 0 Å². The molecule has 0 bridgehead atoms. The Bertz CT molecular complexity index is 835. The van der Waals surface area contributed by atoms with Crippen LogP contribution in [0.2, 0.25) is 0 Å². The minimum atomic E-state index is -5.08. The van der Waals surface area contributed by atoms with Crippen molar-refractivity contribution in [3.8, 4) is 0 Å². The number of aliphatic carboxylic acids is 1. The van der Waals surface area contributed by atoms with Gasteiger partial charge in [0.05, 0.1) is 18.4 Å². The minimum absolute atomic E-state index is 0.210. The first-order valence-corrected chi connectivity index (χ1v) is 11.0. The molecule has 2 aromatic heterocycles. The normalized spacial score (nSPS) is 19.0. The molecule has 170 valence electrons. The summed E-state index contributed by atoms with van der Waals surface area (Å²) in [5.74, 6) is -1.49. The van der Waals surface area contributed by atoms with E-state index < -0.39 is 12.1 Å². The molecule has 10 heteroatoms. The molecule has 2 aliphatic rings. The third-order valence-electron chi connectivity index (χ3n) is 6.00. The van der Waals surface area contributed by atoms with Crippen LogP contribution in [0.3, 0.4) is 0 Å². The highest BCUT2D eigenvalue weighted by Crippen LogP contribution is 2.41. The van der Waals surface area contributed by atoms with Gasteiger partial charge >= 0.3 is 12.1 Å². The van der Waals surface area contributed by atoms with Crippen LogP contribution in [0, 0.1) is 5.41 Å². The van der Waals surface area contributed by atoms with Gasteiger partial charge in [-0.1, -0.05) is 0 Å². The van der Waals surface area contributed by atoms with Crippen LogP contribution in [0.4, 0.5) is 13.2 Å². The highest BCUT2D eigenvalue weighted by Gasteiger charge is 2.39. The molecule has 4 heterocycles. The van der Waals surface area contributed by atoms with Crippen molar-refractivity contribution < 1.29 is 32.3 Å². The molecular weight excluding hydrogens is 433 g/mol. The molecule has 4 rings (SSSR count). The van der Waals surface area contributed by atoms with Gasteiger partial charge in [-0.25, -0.2) is 4.79 Å². The van der Waals surface area contributed by atoms with Gasteiger partial charge in [0.25, 0.3) is 5.91 Å². The van der Waals surface area contributed by atoms with Crippen LogP contribution in [0.5, 0.6) is 0 Å². The van der Waals surface area contributed by atoms with Crippen LogP contribution in [0.25, 0.3) is 0 Å². The number of amides is 1. The number of carbonyl (C=O) groups is 2. The molecule has 1 N–H and O–H groups in total. The number of alkyl halides is 3. The molecule has 0 unspecified atom stereocenters. The van der Waals surface area contributed by atoms with Crippen LogP contribution < -0.4 is 0 Å². The van der Waals surface area contributed by atoms with Gasteiger partial charge in [0, 0.05) is 18.5 Å². The lowest BCUT2D eigenvalue weighted by molar-refractivity contribution is -0.192. The quantitative estimate of drug-likeness (QED) is 0.734. The summed E-state index contributed by atoms with van der Waals surface area (Å²) in [7, 11) is 0. The number of hydrogen-bond acceptors (Lipinski definition) is 5. The number of carbonyl (C=O) groups excluding carboxylic acids is 1. The second kappa shape index (κ2) is 9.86. The lowest BCUT2D eigenvalue weighted by Gasteiger charge is -2.46. The third kappa shape index (κ3) is 6.33. The number of hydrogen-bond donors (Lipinski definition) is 1. The SMILES string of the molecule is O=C(O)C(F)(F)F.O=C(c1ccsc1)N1CCC2(CCN(Cc3ccco3)CC2)CC1. The van der Waals surface area contributed by atoms with Gasteiger partial charge in [-0.05, 0) is 67.8 Å². The first-order chi connectivity index (χ1) is 14.7. The van der Waals surface area contributed by atoms with Crippen molar-refractivity contribution in [2.75, 3.05) is 26.2 Å². The largest absolute Gasteiger partial charge is 0.490 e. The van der Waals surface area contributed by atoms with Crippen molar-refractivity contribution >= 4 is 23.2 Å². The van der Waals surface area contributed by atoms with E-state index in [0.29, 0.717) is 5.41 Å². The number of carboxylic acids is 1. The molecule has 2 saturated heterocycles. The van der Waals surface area contributed by atoms with E-state index in [-0.39, 0.29) is 5.91 Å². The zero-order valence-corrected chi connectivity index (χ0v) is 17.8. The summed E-state index contributed by atoms with van der Waals surface area (Å²) in [6.45, 7) is 5.02. The number of likely N-dealkylation sites (tertiary alicyclic amines) is 2. The molecule has 2 fully saturated rings. The maximum atomic E-state index is 12.5. The van der Waals surface area contributed by atoms with E-state index in [1.807, 2.05) is 27.8 Å². The van der Waals surface area contributed by atoms with E-state index >= 15 is 0 Å². The predicted molar refractivity (Wildman–Crippen MR) is 109 cm³/mol. The number of nitrogens with zero attached hydrogens (tertiary/aromatic N) is 2. The third-order valence-corrected chi connectivity index (χ3v) is 6.68. The predicted octanol–water partition coefficient (Wildman–Crippen LogP) is 4.49. The summed E-state index contributed by atoms with van der Waals surface area (Å²) in [5, 5.41) is 11.1. The van der Waals surface area contributed by atoms with E-state index in [1.54, 1.807) is 17.6 Å². The smallest absolute Gasteiger partial charge is 0.475 e. The highest BCUT2D eigenvalue weighted by molar-refractivity contribution is 7.08. The standard InChI is InChI=1S/C19H24N2O2S.C2HF3O2/c22-18(16-3-13-24-15-16)21-10-6-19(7-11-21)4-8-20(9-5-19)14-17-2-1-12-23-17;3-2(4,5)1(6)7/h1-3,12-13,15H,4-11,14H2;(H,6,7). The summed E-state index contributed by atoms with van der Waals surface area (Å²) in [6.07, 6.45) is 1.46. The zero-order chi connectivity index (χ0) is 22.5. The van der Waals surface area contributed by atoms with Crippen molar-refractivity contribution in [3.63, 3.8) is 0 Å². The average Bonchev–Trinajstić information content (AvgIpc) is 3.44. The van der Waals surface area contributed by atoms with E-state index in [4.69, 9.17) is 14.3 Å². The van der Waals surface area contributed by atoms with Crippen molar-refractivity contribution in [1.82, 2.24) is 9.80 Å². The van der Waals surface area contributed by atoms with E-state index in [2.05, 4.69) is 11.0 Å². The van der Waals surface area contributed by atoms with E-state index in [9.17, 15) is 18.0 Å².